The quantitative estimate of drug-likeness (QED) is 0.535. The second-order valence-corrected chi connectivity index (χ2v) is 7.81. The number of anilines is 2. The first kappa shape index (κ1) is 22.7. The number of benzene rings is 1. The molecule has 1 amide bonds. The van der Waals surface area contributed by atoms with Crippen LogP contribution in [0, 0.1) is 0 Å². The van der Waals surface area contributed by atoms with Crippen LogP contribution >= 0.6 is 0 Å². The zero-order valence-electron chi connectivity index (χ0n) is 17.7. The third-order valence-corrected chi connectivity index (χ3v) is 5.42. The maximum Gasteiger partial charge on any atom is 0.419 e. The lowest BCUT2D eigenvalue weighted by atomic mass is 9.98. The Bertz CT molecular complexity index is 1130. The van der Waals surface area contributed by atoms with Crippen LogP contribution in [0.1, 0.15) is 34.8 Å². The molecule has 3 N–H and O–H groups in total. The summed E-state index contributed by atoms with van der Waals surface area (Å²) in [5.74, 6) is -0.456. The lowest BCUT2D eigenvalue weighted by Gasteiger charge is -2.14. The number of hydrogen-bond donors (Lipinski definition) is 2. The number of amides is 1. The van der Waals surface area contributed by atoms with Gasteiger partial charge in [-0.3, -0.25) is 9.48 Å². The fourth-order valence-corrected chi connectivity index (χ4v) is 3.78. The molecule has 1 atom stereocenters. The van der Waals surface area contributed by atoms with Gasteiger partial charge in [0.2, 0.25) is 11.9 Å². The van der Waals surface area contributed by atoms with Gasteiger partial charge in [0.25, 0.3) is 0 Å². The largest absolute Gasteiger partial charge is 0.419 e. The maximum absolute atomic E-state index is 13.6. The van der Waals surface area contributed by atoms with E-state index in [1.165, 1.54) is 0 Å². The van der Waals surface area contributed by atoms with E-state index in [2.05, 4.69) is 20.4 Å². The van der Waals surface area contributed by atoms with Crippen LogP contribution in [0.4, 0.5) is 24.8 Å². The molecule has 3 heterocycles. The van der Waals surface area contributed by atoms with Crippen molar-refractivity contribution < 1.29 is 22.7 Å². The smallest absolute Gasteiger partial charge is 0.379 e. The highest BCUT2D eigenvalue weighted by Gasteiger charge is 2.35. The SMILES string of the molecule is NC(=O)Cc1ccccc1CCc1nc(Nc2cnn([C@H]3CCOC3)c2)ncc1C(F)(F)F. The number of aryl methyl sites for hydroxylation is 2. The van der Waals surface area contributed by atoms with E-state index in [4.69, 9.17) is 10.5 Å². The molecule has 3 aromatic rings. The van der Waals surface area contributed by atoms with E-state index in [9.17, 15) is 18.0 Å². The normalized spacial score (nSPS) is 16.2. The van der Waals surface area contributed by atoms with Crippen LogP contribution < -0.4 is 11.1 Å². The number of aromatic nitrogens is 4. The zero-order chi connectivity index (χ0) is 23.4. The van der Waals surface area contributed by atoms with Crippen molar-refractivity contribution in [3.05, 3.63) is 65.2 Å². The molecule has 1 aliphatic rings. The Balaban J connectivity index is 1.54. The Morgan fingerprint density at radius 3 is 2.70 bits per heavy atom. The van der Waals surface area contributed by atoms with Crippen molar-refractivity contribution in [1.82, 2.24) is 19.7 Å². The van der Waals surface area contributed by atoms with Crippen LogP contribution in [0.2, 0.25) is 0 Å². The third kappa shape index (κ3) is 5.67. The number of ether oxygens (including phenoxy) is 1. The van der Waals surface area contributed by atoms with Gasteiger partial charge in [0.05, 0.1) is 42.2 Å². The Morgan fingerprint density at radius 2 is 2.00 bits per heavy atom. The molecule has 1 aromatic carbocycles. The molecule has 0 unspecified atom stereocenters. The summed E-state index contributed by atoms with van der Waals surface area (Å²) in [5, 5.41) is 7.21. The summed E-state index contributed by atoms with van der Waals surface area (Å²) in [5.41, 5.74) is 6.27. The molecule has 0 radical (unpaired) electrons. The summed E-state index contributed by atoms with van der Waals surface area (Å²) in [6.45, 7) is 1.24. The molecular formula is C22H23F3N6O2. The summed E-state index contributed by atoms with van der Waals surface area (Å²) < 4.78 is 47.8. The topological polar surface area (TPSA) is 108 Å². The molecule has 2 aromatic heterocycles. The number of primary amides is 1. The van der Waals surface area contributed by atoms with Crippen molar-refractivity contribution in [2.75, 3.05) is 18.5 Å². The first-order valence-electron chi connectivity index (χ1n) is 10.5. The van der Waals surface area contributed by atoms with E-state index in [-0.39, 0.29) is 36.9 Å². The Hall–Kier alpha value is -3.47. The fraction of sp³-hybridized carbons (Fsp3) is 0.364. The molecule has 1 fully saturated rings. The summed E-state index contributed by atoms with van der Waals surface area (Å²) in [6.07, 6.45) is 0.666. The Morgan fingerprint density at radius 1 is 1.21 bits per heavy atom. The van der Waals surface area contributed by atoms with Gasteiger partial charge < -0.3 is 15.8 Å². The summed E-state index contributed by atoms with van der Waals surface area (Å²) in [4.78, 5) is 19.3. The zero-order valence-corrected chi connectivity index (χ0v) is 17.7. The van der Waals surface area contributed by atoms with Gasteiger partial charge in [-0.1, -0.05) is 24.3 Å². The number of nitrogens with one attached hydrogen (secondary N) is 1. The number of carbonyl (C=O) groups excluding carboxylic acids is 1. The van der Waals surface area contributed by atoms with Crippen LogP contribution in [-0.4, -0.2) is 38.9 Å². The number of hydrogen-bond acceptors (Lipinski definition) is 6. The van der Waals surface area contributed by atoms with E-state index in [0.717, 1.165) is 18.2 Å². The molecular weight excluding hydrogens is 437 g/mol. The first-order chi connectivity index (χ1) is 15.8. The van der Waals surface area contributed by atoms with Crippen LogP contribution in [0.5, 0.6) is 0 Å². The molecule has 1 aliphatic heterocycles. The van der Waals surface area contributed by atoms with E-state index in [0.29, 0.717) is 24.5 Å². The number of halogens is 3. The molecule has 0 spiro atoms. The molecule has 174 valence electrons. The Kier molecular flexibility index (Phi) is 6.59. The van der Waals surface area contributed by atoms with Gasteiger partial charge in [0.15, 0.2) is 0 Å². The van der Waals surface area contributed by atoms with E-state index >= 15 is 0 Å². The molecule has 0 bridgehead atoms. The minimum atomic E-state index is -4.59. The van der Waals surface area contributed by atoms with Crippen LogP contribution in [0.25, 0.3) is 0 Å². The number of carbonyl (C=O) groups is 1. The van der Waals surface area contributed by atoms with Gasteiger partial charge in [0.1, 0.15) is 0 Å². The maximum atomic E-state index is 13.6. The highest BCUT2D eigenvalue weighted by Crippen LogP contribution is 2.32. The third-order valence-electron chi connectivity index (χ3n) is 5.42. The molecule has 0 aliphatic carbocycles. The van der Waals surface area contributed by atoms with E-state index < -0.39 is 17.6 Å². The average molecular weight is 460 g/mol. The summed E-state index contributed by atoms with van der Waals surface area (Å²) in [6, 6.07) is 7.17. The van der Waals surface area contributed by atoms with Crippen molar-refractivity contribution in [3.63, 3.8) is 0 Å². The minimum Gasteiger partial charge on any atom is -0.379 e. The summed E-state index contributed by atoms with van der Waals surface area (Å²) >= 11 is 0. The highest BCUT2D eigenvalue weighted by molar-refractivity contribution is 5.77. The van der Waals surface area contributed by atoms with Crippen molar-refractivity contribution in [2.24, 2.45) is 5.73 Å². The molecule has 8 nitrogen and oxygen atoms in total. The second kappa shape index (κ2) is 9.57. The van der Waals surface area contributed by atoms with Crippen molar-refractivity contribution >= 4 is 17.5 Å². The van der Waals surface area contributed by atoms with Crippen molar-refractivity contribution in [1.29, 1.82) is 0 Å². The lowest BCUT2D eigenvalue weighted by molar-refractivity contribution is -0.138. The van der Waals surface area contributed by atoms with Gasteiger partial charge in [-0.05, 0) is 30.4 Å². The molecule has 0 saturated carbocycles. The van der Waals surface area contributed by atoms with Gasteiger partial charge in [0, 0.05) is 19.0 Å². The van der Waals surface area contributed by atoms with E-state index in [1.807, 2.05) is 0 Å². The van der Waals surface area contributed by atoms with Gasteiger partial charge in [-0.2, -0.15) is 18.3 Å². The standard InChI is InChI=1S/C22H23F3N6O2/c23-22(24,25)18-11-27-21(29-16-10-28-31(12-16)17-7-8-33-13-17)30-19(18)6-5-14-3-1-2-4-15(14)9-20(26)32/h1-4,10-12,17H,5-9,13H2,(H2,26,32)(H,27,29,30)/t17-/m0/s1. The molecule has 11 heteroatoms. The average Bonchev–Trinajstić information content (AvgIpc) is 3.44. The molecule has 33 heavy (non-hydrogen) atoms. The first-order valence-corrected chi connectivity index (χ1v) is 10.5. The highest BCUT2D eigenvalue weighted by atomic mass is 19.4. The van der Waals surface area contributed by atoms with Crippen molar-refractivity contribution in [3.8, 4) is 0 Å². The second-order valence-electron chi connectivity index (χ2n) is 7.81. The van der Waals surface area contributed by atoms with Crippen LogP contribution in [0.3, 0.4) is 0 Å². The predicted molar refractivity (Wildman–Crippen MR) is 114 cm³/mol. The van der Waals surface area contributed by atoms with Gasteiger partial charge in [-0.25, -0.2) is 9.97 Å². The number of nitrogens with zero attached hydrogens (tertiary/aromatic N) is 4. The molecule has 4 rings (SSSR count). The molecule has 1 saturated heterocycles. The monoisotopic (exact) mass is 460 g/mol. The van der Waals surface area contributed by atoms with Crippen molar-refractivity contribution in [2.45, 2.75) is 37.9 Å². The fourth-order valence-electron chi connectivity index (χ4n) is 3.78. The van der Waals surface area contributed by atoms with Gasteiger partial charge >= 0.3 is 6.18 Å². The van der Waals surface area contributed by atoms with E-state index in [1.54, 1.807) is 41.3 Å². The van der Waals surface area contributed by atoms with Crippen LogP contribution in [0.15, 0.2) is 42.9 Å². The lowest BCUT2D eigenvalue weighted by Crippen LogP contribution is -2.16. The number of rotatable bonds is 8. The van der Waals surface area contributed by atoms with Crippen LogP contribution in [-0.2, 0) is 35.0 Å². The Labute approximate surface area is 188 Å². The summed E-state index contributed by atoms with van der Waals surface area (Å²) in [7, 11) is 0. The minimum absolute atomic E-state index is 0.0144. The van der Waals surface area contributed by atoms with Gasteiger partial charge in [-0.15, -0.1) is 0 Å². The number of alkyl halides is 3. The number of nitrogens with two attached hydrogens (primary N) is 1. The predicted octanol–water partition coefficient (Wildman–Crippen LogP) is 3.21.